The summed E-state index contributed by atoms with van der Waals surface area (Å²) in [5, 5.41) is 3.13. The lowest BCUT2D eigenvalue weighted by Gasteiger charge is -2.07. The minimum Gasteiger partial charge on any atom is -0.380 e. The number of carbonyl (C=O) groups is 1. The Labute approximate surface area is 163 Å². The van der Waals surface area contributed by atoms with Crippen molar-refractivity contribution in [2.75, 3.05) is 13.2 Å². The maximum absolute atomic E-state index is 12.3. The van der Waals surface area contributed by atoms with E-state index in [-0.39, 0.29) is 5.91 Å². The van der Waals surface area contributed by atoms with E-state index in [2.05, 4.69) is 4.99 Å². The highest BCUT2D eigenvalue weighted by Gasteiger charge is 2.14. The summed E-state index contributed by atoms with van der Waals surface area (Å²) >= 11 is 15.6. The zero-order chi connectivity index (χ0) is 17.8. The van der Waals surface area contributed by atoms with Gasteiger partial charge in [0.2, 0.25) is 0 Å². The third kappa shape index (κ3) is 4.33. The minimum absolute atomic E-state index is 0.189. The van der Waals surface area contributed by atoms with E-state index in [0.29, 0.717) is 41.0 Å². The predicted octanol–water partition coefficient (Wildman–Crippen LogP) is 4.78. The van der Waals surface area contributed by atoms with Gasteiger partial charge in [-0.2, -0.15) is 4.99 Å². The molecular formula is C17H16Cl2N2O2S2. The van der Waals surface area contributed by atoms with Crippen LogP contribution in [0, 0.1) is 0 Å². The molecule has 0 fully saturated rings. The number of rotatable bonds is 6. The summed E-state index contributed by atoms with van der Waals surface area (Å²) in [5.41, 5.74) is 0.793. The molecular weight excluding hydrogens is 399 g/mol. The van der Waals surface area contributed by atoms with Gasteiger partial charge in [0.05, 0.1) is 33.3 Å². The van der Waals surface area contributed by atoms with Crippen LogP contribution in [0.5, 0.6) is 0 Å². The Morgan fingerprint density at radius 2 is 2.08 bits per heavy atom. The SMILES string of the molecule is CCOCCn1c(=NC(=O)Cc2cccs2)sc2c(Cl)ccc(Cl)c21. The van der Waals surface area contributed by atoms with Gasteiger partial charge in [-0.25, -0.2) is 0 Å². The van der Waals surface area contributed by atoms with Crippen molar-refractivity contribution in [3.63, 3.8) is 0 Å². The second-order valence-electron chi connectivity index (χ2n) is 5.20. The molecule has 0 saturated carbocycles. The van der Waals surface area contributed by atoms with E-state index >= 15 is 0 Å². The molecule has 0 spiro atoms. The summed E-state index contributed by atoms with van der Waals surface area (Å²) < 4.78 is 8.19. The molecule has 0 radical (unpaired) electrons. The van der Waals surface area contributed by atoms with E-state index in [4.69, 9.17) is 27.9 Å². The van der Waals surface area contributed by atoms with Gasteiger partial charge in [0.25, 0.3) is 5.91 Å². The quantitative estimate of drug-likeness (QED) is 0.544. The van der Waals surface area contributed by atoms with Gasteiger partial charge in [0.1, 0.15) is 0 Å². The molecule has 0 aliphatic heterocycles. The number of thiophene rings is 1. The second kappa shape index (κ2) is 8.47. The van der Waals surface area contributed by atoms with Crippen LogP contribution in [0.3, 0.4) is 0 Å². The summed E-state index contributed by atoms with van der Waals surface area (Å²) in [6.07, 6.45) is 0.291. The summed E-state index contributed by atoms with van der Waals surface area (Å²) in [6, 6.07) is 7.37. The fourth-order valence-electron chi connectivity index (χ4n) is 2.41. The molecule has 25 heavy (non-hydrogen) atoms. The molecule has 0 atom stereocenters. The number of amides is 1. The van der Waals surface area contributed by atoms with Gasteiger partial charge in [0.15, 0.2) is 4.80 Å². The average Bonchev–Trinajstić information content (AvgIpc) is 3.20. The first-order valence-electron chi connectivity index (χ1n) is 7.75. The monoisotopic (exact) mass is 414 g/mol. The van der Waals surface area contributed by atoms with Crippen molar-refractivity contribution in [2.24, 2.45) is 4.99 Å². The highest BCUT2D eigenvalue weighted by molar-refractivity contribution is 7.17. The Bertz CT molecular complexity index is 946. The van der Waals surface area contributed by atoms with Crippen molar-refractivity contribution in [3.05, 3.63) is 49.4 Å². The molecule has 1 amide bonds. The van der Waals surface area contributed by atoms with E-state index in [1.54, 1.807) is 23.5 Å². The second-order valence-corrected chi connectivity index (χ2v) is 8.03. The Morgan fingerprint density at radius 1 is 1.28 bits per heavy atom. The number of hydrogen-bond donors (Lipinski definition) is 0. The van der Waals surface area contributed by atoms with Crippen LogP contribution >= 0.6 is 45.9 Å². The Morgan fingerprint density at radius 3 is 2.80 bits per heavy atom. The van der Waals surface area contributed by atoms with Gasteiger partial charge in [-0.05, 0) is 30.5 Å². The molecule has 0 N–H and O–H groups in total. The number of fused-ring (bicyclic) bond motifs is 1. The lowest BCUT2D eigenvalue weighted by atomic mass is 10.3. The lowest BCUT2D eigenvalue weighted by Crippen LogP contribution is -2.20. The number of aromatic nitrogens is 1. The first-order chi connectivity index (χ1) is 12.1. The molecule has 0 aliphatic carbocycles. The summed E-state index contributed by atoms with van der Waals surface area (Å²) in [4.78, 5) is 18.2. The summed E-state index contributed by atoms with van der Waals surface area (Å²) in [7, 11) is 0. The van der Waals surface area contributed by atoms with Crippen molar-refractivity contribution in [2.45, 2.75) is 19.9 Å². The van der Waals surface area contributed by atoms with Crippen molar-refractivity contribution >= 4 is 62.0 Å². The number of hydrogen-bond acceptors (Lipinski definition) is 4. The molecule has 132 valence electrons. The largest absolute Gasteiger partial charge is 0.380 e. The standard InChI is InChI=1S/C17H16Cl2N2O2S2/c1-2-23-8-7-21-15-12(18)5-6-13(19)16(15)25-17(21)20-14(22)10-11-4-3-9-24-11/h3-6,9H,2,7-8,10H2,1H3. The number of halogens is 2. The van der Waals surface area contributed by atoms with Gasteiger partial charge in [-0.3, -0.25) is 4.79 Å². The normalized spacial score (nSPS) is 12.2. The maximum Gasteiger partial charge on any atom is 0.253 e. The zero-order valence-corrected chi connectivity index (χ0v) is 16.6. The molecule has 0 unspecified atom stereocenters. The average molecular weight is 415 g/mol. The van der Waals surface area contributed by atoms with Crippen molar-refractivity contribution in [1.29, 1.82) is 0 Å². The molecule has 3 aromatic rings. The first kappa shape index (κ1) is 18.6. The molecule has 3 rings (SSSR count). The number of nitrogens with zero attached hydrogens (tertiary/aromatic N) is 2. The fraction of sp³-hybridized carbons (Fsp3) is 0.294. The smallest absolute Gasteiger partial charge is 0.253 e. The summed E-state index contributed by atoms with van der Waals surface area (Å²) in [5.74, 6) is -0.189. The van der Waals surface area contributed by atoms with E-state index < -0.39 is 0 Å². The van der Waals surface area contributed by atoms with E-state index in [1.807, 2.05) is 29.0 Å². The highest BCUT2D eigenvalue weighted by Crippen LogP contribution is 2.31. The first-order valence-corrected chi connectivity index (χ1v) is 10.2. The van der Waals surface area contributed by atoms with Crippen LogP contribution in [0.1, 0.15) is 11.8 Å². The zero-order valence-electron chi connectivity index (χ0n) is 13.5. The van der Waals surface area contributed by atoms with Crippen LogP contribution in [0.15, 0.2) is 34.6 Å². The van der Waals surface area contributed by atoms with Gasteiger partial charge in [0, 0.05) is 18.0 Å². The molecule has 4 nitrogen and oxygen atoms in total. The molecule has 1 aromatic carbocycles. The van der Waals surface area contributed by atoms with E-state index in [1.165, 1.54) is 11.3 Å². The van der Waals surface area contributed by atoms with Gasteiger partial charge < -0.3 is 9.30 Å². The molecule has 2 aromatic heterocycles. The summed E-state index contributed by atoms with van der Waals surface area (Å²) in [6.45, 7) is 3.63. The molecule has 8 heteroatoms. The lowest BCUT2D eigenvalue weighted by molar-refractivity contribution is -0.117. The van der Waals surface area contributed by atoms with Crippen molar-refractivity contribution in [3.8, 4) is 0 Å². The van der Waals surface area contributed by atoms with E-state index in [0.717, 1.165) is 15.1 Å². The minimum atomic E-state index is -0.189. The van der Waals surface area contributed by atoms with Crippen LogP contribution < -0.4 is 4.80 Å². The van der Waals surface area contributed by atoms with Crippen LogP contribution in [-0.4, -0.2) is 23.7 Å². The Balaban J connectivity index is 2.04. The number of carbonyl (C=O) groups excluding carboxylic acids is 1. The molecule has 0 bridgehead atoms. The van der Waals surface area contributed by atoms with Crippen LogP contribution in [0.4, 0.5) is 0 Å². The Kier molecular flexibility index (Phi) is 6.30. The third-order valence-corrected chi connectivity index (χ3v) is 6.24. The van der Waals surface area contributed by atoms with E-state index in [9.17, 15) is 4.79 Å². The highest BCUT2D eigenvalue weighted by atomic mass is 35.5. The Hall–Kier alpha value is -1.18. The van der Waals surface area contributed by atoms with Crippen LogP contribution in [-0.2, 0) is 22.5 Å². The topological polar surface area (TPSA) is 43.6 Å². The molecule has 0 saturated heterocycles. The van der Waals surface area contributed by atoms with Gasteiger partial charge in [-0.1, -0.05) is 40.6 Å². The van der Waals surface area contributed by atoms with Crippen LogP contribution in [0.2, 0.25) is 10.0 Å². The molecule has 2 heterocycles. The predicted molar refractivity (Wildman–Crippen MR) is 105 cm³/mol. The van der Waals surface area contributed by atoms with Crippen molar-refractivity contribution in [1.82, 2.24) is 4.57 Å². The number of ether oxygens (including phenoxy) is 1. The van der Waals surface area contributed by atoms with Gasteiger partial charge >= 0.3 is 0 Å². The number of thiazole rings is 1. The maximum atomic E-state index is 12.3. The van der Waals surface area contributed by atoms with Gasteiger partial charge in [-0.15, -0.1) is 11.3 Å². The van der Waals surface area contributed by atoms with Crippen molar-refractivity contribution < 1.29 is 9.53 Å². The number of benzene rings is 1. The third-order valence-electron chi connectivity index (χ3n) is 3.52. The fourth-order valence-corrected chi connectivity index (χ4v) is 4.80. The molecule has 0 aliphatic rings. The van der Waals surface area contributed by atoms with Crippen LogP contribution in [0.25, 0.3) is 10.2 Å².